The van der Waals surface area contributed by atoms with Crippen molar-refractivity contribution in [2.75, 3.05) is 19.7 Å². The average Bonchev–Trinajstić information content (AvgIpc) is 2.41. The summed E-state index contributed by atoms with van der Waals surface area (Å²) in [6.07, 6.45) is -0.580. The lowest BCUT2D eigenvalue weighted by Crippen LogP contribution is -2.46. The number of amides is 1. The SMILES string of the molecule is O=C(O)CC1CN(C(=O)Cc2ccc(F)cc2Cl)CCO1. The van der Waals surface area contributed by atoms with Gasteiger partial charge in [0.25, 0.3) is 0 Å². The third kappa shape index (κ3) is 4.41. The van der Waals surface area contributed by atoms with Crippen molar-refractivity contribution in [1.29, 1.82) is 0 Å². The van der Waals surface area contributed by atoms with Gasteiger partial charge in [-0.05, 0) is 17.7 Å². The van der Waals surface area contributed by atoms with Gasteiger partial charge in [0, 0.05) is 18.1 Å². The van der Waals surface area contributed by atoms with Gasteiger partial charge in [0.15, 0.2) is 0 Å². The van der Waals surface area contributed by atoms with Crippen molar-refractivity contribution in [3.63, 3.8) is 0 Å². The molecule has 0 saturated carbocycles. The largest absolute Gasteiger partial charge is 0.481 e. The van der Waals surface area contributed by atoms with Crippen LogP contribution in [0.3, 0.4) is 0 Å². The first-order valence-electron chi connectivity index (χ1n) is 6.51. The van der Waals surface area contributed by atoms with Crippen molar-refractivity contribution in [3.05, 3.63) is 34.6 Å². The molecule has 1 aliphatic rings. The van der Waals surface area contributed by atoms with Gasteiger partial charge >= 0.3 is 5.97 Å². The standard InChI is InChI=1S/C14H15ClFNO4/c15-12-6-10(16)2-1-9(12)5-13(18)17-3-4-21-11(8-17)7-14(19)20/h1-2,6,11H,3-5,7-8H2,(H,19,20). The quantitative estimate of drug-likeness (QED) is 0.919. The second kappa shape index (κ2) is 6.87. The molecule has 0 aromatic heterocycles. The maximum atomic E-state index is 13.0. The third-order valence-corrected chi connectivity index (χ3v) is 3.60. The van der Waals surface area contributed by atoms with E-state index >= 15 is 0 Å². The molecule has 21 heavy (non-hydrogen) atoms. The van der Waals surface area contributed by atoms with Crippen molar-refractivity contribution < 1.29 is 23.8 Å². The van der Waals surface area contributed by atoms with Crippen molar-refractivity contribution in [2.45, 2.75) is 18.9 Å². The number of benzene rings is 1. The van der Waals surface area contributed by atoms with Crippen LogP contribution in [0.5, 0.6) is 0 Å². The van der Waals surface area contributed by atoms with Crippen LogP contribution in [0.4, 0.5) is 4.39 Å². The van der Waals surface area contributed by atoms with Crippen molar-refractivity contribution in [1.82, 2.24) is 4.90 Å². The van der Waals surface area contributed by atoms with E-state index in [1.165, 1.54) is 12.1 Å². The van der Waals surface area contributed by atoms with Gasteiger partial charge < -0.3 is 14.7 Å². The van der Waals surface area contributed by atoms with E-state index in [0.717, 1.165) is 6.07 Å². The summed E-state index contributed by atoms with van der Waals surface area (Å²) in [5.41, 5.74) is 0.546. The summed E-state index contributed by atoms with van der Waals surface area (Å²) in [4.78, 5) is 24.4. The van der Waals surface area contributed by atoms with E-state index in [-0.39, 0.29) is 30.3 Å². The number of ether oxygens (including phenoxy) is 1. The Hall–Kier alpha value is -1.66. The predicted molar refractivity (Wildman–Crippen MR) is 73.7 cm³/mol. The Morgan fingerprint density at radius 3 is 2.90 bits per heavy atom. The Balaban J connectivity index is 1.97. The van der Waals surface area contributed by atoms with Crippen LogP contribution >= 0.6 is 11.6 Å². The minimum absolute atomic E-state index is 0.0545. The third-order valence-electron chi connectivity index (χ3n) is 3.25. The van der Waals surface area contributed by atoms with Gasteiger partial charge in [-0.1, -0.05) is 17.7 Å². The molecule has 1 aromatic carbocycles. The normalized spacial score (nSPS) is 18.6. The number of aliphatic carboxylic acids is 1. The van der Waals surface area contributed by atoms with Gasteiger partial charge in [-0.25, -0.2) is 4.39 Å². The molecule has 1 heterocycles. The highest BCUT2D eigenvalue weighted by atomic mass is 35.5. The molecule has 5 nitrogen and oxygen atoms in total. The number of hydrogen-bond acceptors (Lipinski definition) is 3. The van der Waals surface area contributed by atoms with Crippen LogP contribution in [-0.2, 0) is 20.7 Å². The highest BCUT2D eigenvalue weighted by Crippen LogP contribution is 2.19. The average molecular weight is 316 g/mol. The maximum absolute atomic E-state index is 13.0. The van der Waals surface area contributed by atoms with Crippen molar-refractivity contribution in [2.24, 2.45) is 0 Å². The summed E-state index contributed by atoms with van der Waals surface area (Å²) < 4.78 is 18.3. The Labute approximate surface area is 126 Å². The van der Waals surface area contributed by atoms with Gasteiger partial charge in [0.05, 0.1) is 25.6 Å². The smallest absolute Gasteiger partial charge is 0.306 e. The van der Waals surface area contributed by atoms with E-state index in [0.29, 0.717) is 18.7 Å². The molecule has 0 radical (unpaired) electrons. The molecule has 1 aliphatic heterocycles. The highest BCUT2D eigenvalue weighted by Gasteiger charge is 2.26. The number of carbonyl (C=O) groups is 2. The number of carboxylic acid groups (broad SMARTS) is 1. The molecule has 114 valence electrons. The molecule has 0 bridgehead atoms. The first-order valence-corrected chi connectivity index (χ1v) is 6.88. The van der Waals surface area contributed by atoms with E-state index < -0.39 is 17.9 Å². The minimum atomic E-state index is -0.962. The first kappa shape index (κ1) is 15.7. The van der Waals surface area contributed by atoms with Crippen LogP contribution in [0.1, 0.15) is 12.0 Å². The molecule has 1 unspecified atom stereocenters. The number of nitrogens with zero attached hydrogens (tertiary/aromatic N) is 1. The lowest BCUT2D eigenvalue weighted by atomic mass is 10.1. The number of morpholine rings is 1. The van der Waals surface area contributed by atoms with Crippen LogP contribution in [0.25, 0.3) is 0 Å². The second-order valence-electron chi connectivity index (χ2n) is 4.84. The number of carboxylic acids is 1. The summed E-state index contributed by atoms with van der Waals surface area (Å²) in [6.45, 7) is 0.957. The molecule has 1 N–H and O–H groups in total. The van der Waals surface area contributed by atoms with Gasteiger partial charge in [-0.15, -0.1) is 0 Å². The summed E-state index contributed by atoms with van der Waals surface area (Å²) in [5, 5.41) is 8.96. The molecule has 7 heteroatoms. The molecule has 1 fully saturated rings. The topological polar surface area (TPSA) is 66.8 Å². The molecule has 0 spiro atoms. The van der Waals surface area contributed by atoms with E-state index in [9.17, 15) is 14.0 Å². The maximum Gasteiger partial charge on any atom is 0.306 e. The fourth-order valence-electron chi connectivity index (χ4n) is 2.20. The molecule has 1 atom stereocenters. The second-order valence-corrected chi connectivity index (χ2v) is 5.25. The van der Waals surface area contributed by atoms with Crippen molar-refractivity contribution in [3.8, 4) is 0 Å². The summed E-state index contributed by atoms with van der Waals surface area (Å²) in [5.74, 6) is -1.60. The van der Waals surface area contributed by atoms with E-state index in [1.807, 2.05) is 0 Å². The van der Waals surface area contributed by atoms with Gasteiger partial charge in [-0.2, -0.15) is 0 Å². The monoisotopic (exact) mass is 315 g/mol. The number of rotatable bonds is 4. The number of hydrogen-bond donors (Lipinski definition) is 1. The zero-order chi connectivity index (χ0) is 15.4. The first-order chi connectivity index (χ1) is 9.95. The Kier molecular flexibility index (Phi) is 5.14. The zero-order valence-corrected chi connectivity index (χ0v) is 12.0. The molecule has 1 saturated heterocycles. The zero-order valence-electron chi connectivity index (χ0n) is 11.2. The molecular weight excluding hydrogens is 301 g/mol. The van der Waals surface area contributed by atoms with Crippen LogP contribution in [-0.4, -0.2) is 47.7 Å². The minimum Gasteiger partial charge on any atom is -0.481 e. The fraction of sp³-hybridized carbons (Fsp3) is 0.429. The van der Waals surface area contributed by atoms with Crippen LogP contribution in [0.15, 0.2) is 18.2 Å². The molecule has 1 aromatic rings. The van der Waals surface area contributed by atoms with Gasteiger partial charge in [-0.3, -0.25) is 9.59 Å². The van der Waals surface area contributed by atoms with Crippen LogP contribution in [0, 0.1) is 5.82 Å². The van der Waals surface area contributed by atoms with E-state index in [1.54, 1.807) is 4.90 Å². The number of carbonyl (C=O) groups excluding carboxylic acids is 1. The van der Waals surface area contributed by atoms with E-state index in [2.05, 4.69) is 0 Å². The molecular formula is C14H15ClFNO4. The predicted octanol–water partition coefficient (Wildman–Crippen LogP) is 1.72. The molecule has 1 amide bonds. The Bertz CT molecular complexity index is 552. The Morgan fingerprint density at radius 1 is 1.48 bits per heavy atom. The van der Waals surface area contributed by atoms with Gasteiger partial charge in [0.1, 0.15) is 5.82 Å². The summed E-state index contributed by atoms with van der Waals surface area (Å²) in [6, 6.07) is 3.89. The van der Waals surface area contributed by atoms with Crippen LogP contribution < -0.4 is 0 Å². The summed E-state index contributed by atoms with van der Waals surface area (Å²) in [7, 11) is 0. The molecule has 2 rings (SSSR count). The molecule has 0 aliphatic carbocycles. The van der Waals surface area contributed by atoms with E-state index in [4.69, 9.17) is 21.4 Å². The number of halogens is 2. The lowest BCUT2D eigenvalue weighted by molar-refractivity contribution is -0.147. The van der Waals surface area contributed by atoms with Crippen LogP contribution in [0.2, 0.25) is 5.02 Å². The van der Waals surface area contributed by atoms with Gasteiger partial charge in [0.2, 0.25) is 5.91 Å². The summed E-state index contributed by atoms with van der Waals surface area (Å²) >= 11 is 5.90. The lowest BCUT2D eigenvalue weighted by Gasteiger charge is -2.32. The fourth-order valence-corrected chi connectivity index (χ4v) is 2.44. The highest BCUT2D eigenvalue weighted by molar-refractivity contribution is 6.31. The van der Waals surface area contributed by atoms with Crippen molar-refractivity contribution >= 4 is 23.5 Å². The Morgan fingerprint density at radius 2 is 2.24 bits per heavy atom.